The van der Waals surface area contributed by atoms with Crippen molar-refractivity contribution in [1.82, 2.24) is 15.1 Å². The Bertz CT molecular complexity index is 1020. The highest BCUT2D eigenvalue weighted by Gasteiger charge is 2.26. The average molecular weight is 375 g/mol. The lowest BCUT2D eigenvalue weighted by molar-refractivity contribution is -0.125. The number of carbonyl (C=O) groups excluding carboxylic acids is 1. The molecule has 0 saturated carbocycles. The number of H-pyrrole nitrogens is 1. The van der Waals surface area contributed by atoms with Crippen LogP contribution in [0.15, 0.2) is 59.4 Å². The maximum atomic E-state index is 12.9. The summed E-state index contributed by atoms with van der Waals surface area (Å²) in [6.45, 7) is 2.57. The second-order valence-corrected chi connectivity index (χ2v) is 7.52. The van der Waals surface area contributed by atoms with Gasteiger partial charge >= 0.3 is 0 Å². The minimum atomic E-state index is -0.0586. The Balaban J connectivity index is 1.44. The van der Waals surface area contributed by atoms with E-state index in [2.05, 4.69) is 10.4 Å². The minimum absolute atomic E-state index is 0.00389. The van der Waals surface area contributed by atoms with E-state index in [0.717, 1.165) is 34.5 Å². The second-order valence-electron chi connectivity index (χ2n) is 7.52. The van der Waals surface area contributed by atoms with Crippen LogP contribution in [0, 0.1) is 12.8 Å². The number of carbonyl (C=O) groups is 1. The number of aromatic amines is 1. The van der Waals surface area contributed by atoms with Crippen LogP contribution in [-0.4, -0.2) is 15.7 Å². The first-order valence-corrected chi connectivity index (χ1v) is 9.83. The molecule has 1 unspecified atom stereocenters. The molecule has 0 aliphatic heterocycles. The summed E-state index contributed by atoms with van der Waals surface area (Å²) in [4.78, 5) is 25.5. The maximum Gasteiger partial charge on any atom is 0.274 e. The predicted molar refractivity (Wildman–Crippen MR) is 110 cm³/mol. The van der Waals surface area contributed by atoms with Gasteiger partial charge in [0.25, 0.3) is 5.56 Å². The fourth-order valence-electron chi connectivity index (χ4n) is 3.83. The highest BCUT2D eigenvalue weighted by atomic mass is 16.2. The number of hydrogen-bond donors (Lipinski definition) is 2. The number of rotatable bonds is 4. The van der Waals surface area contributed by atoms with E-state index in [4.69, 9.17) is 0 Å². The zero-order chi connectivity index (χ0) is 19.5. The molecule has 4 rings (SSSR count). The molecule has 1 heterocycles. The van der Waals surface area contributed by atoms with Crippen LogP contribution < -0.4 is 10.9 Å². The van der Waals surface area contributed by atoms with Crippen LogP contribution in [0.4, 0.5) is 0 Å². The summed E-state index contributed by atoms with van der Waals surface area (Å²) in [7, 11) is 0. The standard InChI is InChI=1S/C23H25N3O2/c1-16-7-11-19(12-8-16)26-23(28)20-13-9-18(10-14-21(20)25-26)22(27)24-15-17-5-3-2-4-6-17/h2-8,11-12,18,25H,9-10,13-15H2,1H3,(H,24,27). The average Bonchev–Trinajstić information content (AvgIpc) is 2.89. The van der Waals surface area contributed by atoms with Gasteiger partial charge in [-0.15, -0.1) is 0 Å². The Hall–Kier alpha value is -3.08. The second kappa shape index (κ2) is 7.89. The Morgan fingerprint density at radius 2 is 1.79 bits per heavy atom. The molecular weight excluding hydrogens is 350 g/mol. The number of aromatic nitrogens is 2. The molecule has 2 N–H and O–H groups in total. The molecule has 5 heteroatoms. The third-order valence-corrected chi connectivity index (χ3v) is 5.53. The summed E-state index contributed by atoms with van der Waals surface area (Å²) < 4.78 is 1.62. The number of fused-ring (bicyclic) bond motifs is 1. The van der Waals surface area contributed by atoms with Crippen molar-refractivity contribution in [3.8, 4) is 5.69 Å². The molecule has 1 aliphatic rings. The molecule has 0 radical (unpaired) electrons. The van der Waals surface area contributed by atoms with Crippen molar-refractivity contribution < 1.29 is 4.79 Å². The minimum Gasteiger partial charge on any atom is -0.352 e. The molecule has 2 aromatic carbocycles. The highest BCUT2D eigenvalue weighted by Crippen LogP contribution is 2.23. The van der Waals surface area contributed by atoms with Crippen molar-refractivity contribution in [3.05, 3.63) is 87.3 Å². The monoisotopic (exact) mass is 375 g/mol. The zero-order valence-electron chi connectivity index (χ0n) is 16.1. The lowest BCUT2D eigenvalue weighted by atomic mass is 9.98. The number of nitrogens with one attached hydrogen (secondary N) is 2. The van der Waals surface area contributed by atoms with E-state index in [1.807, 2.05) is 61.5 Å². The topological polar surface area (TPSA) is 66.9 Å². The maximum absolute atomic E-state index is 12.9. The van der Waals surface area contributed by atoms with Crippen LogP contribution in [-0.2, 0) is 24.2 Å². The molecule has 1 aliphatic carbocycles. The molecular formula is C23H25N3O2. The van der Waals surface area contributed by atoms with Crippen molar-refractivity contribution in [2.24, 2.45) is 5.92 Å². The summed E-state index contributed by atoms with van der Waals surface area (Å²) in [5.41, 5.74) is 4.89. The smallest absolute Gasteiger partial charge is 0.274 e. The molecule has 0 fully saturated rings. The van der Waals surface area contributed by atoms with E-state index in [9.17, 15) is 9.59 Å². The highest BCUT2D eigenvalue weighted by molar-refractivity contribution is 5.78. The number of benzene rings is 2. The molecule has 5 nitrogen and oxygen atoms in total. The molecule has 1 atom stereocenters. The van der Waals surface area contributed by atoms with E-state index in [1.54, 1.807) is 4.68 Å². The number of amides is 1. The zero-order valence-corrected chi connectivity index (χ0v) is 16.1. The summed E-state index contributed by atoms with van der Waals surface area (Å²) in [6.07, 6.45) is 2.80. The fourth-order valence-corrected chi connectivity index (χ4v) is 3.83. The van der Waals surface area contributed by atoms with Gasteiger partial charge in [-0.3, -0.25) is 14.7 Å². The van der Waals surface area contributed by atoms with Gasteiger partial charge < -0.3 is 5.32 Å². The lowest BCUT2D eigenvalue weighted by Crippen LogP contribution is -2.30. The molecule has 0 spiro atoms. The predicted octanol–water partition coefficient (Wildman–Crippen LogP) is 3.29. The third-order valence-electron chi connectivity index (χ3n) is 5.53. The van der Waals surface area contributed by atoms with E-state index >= 15 is 0 Å². The van der Waals surface area contributed by atoms with E-state index in [-0.39, 0.29) is 17.4 Å². The largest absolute Gasteiger partial charge is 0.352 e. The first-order chi connectivity index (χ1) is 13.6. The molecule has 3 aromatic rings. The summed E-state index contributed by atoms with van der Waals surface area (Å²) in [5.74, 6) is 0.0182. The molecule has 144 valence electrons. The van der Waals surface area contributed by atoms with Crippen LogP contribution in [0.2, 0.25) is 0 Å². The Morgan fingerprint density at radius 3 is 2.54 bits per heavy atom. The Morgan fingerprint density at radius 1 is 1.07 bits per heavy atom. The fraction of sp³-hybridized carbons (Fsp3) is 0.304. The van der Waals surface area contributed by atoms with Crippen molar-refractivity contribution in [1.29, 1.82) is 0 Å². The van der Waals surface area contributed by atoms with Crippen LogP contribution in [0.25, 0.3) is 5.69 Å². The van der Waals surface area contributed by atoms with E-state index in [0.29, 0.717) is 25.8 Å². The SMILES string of the molecule is Cc1ccc(-n2[nH]c3c(c2=O)CCC(C(=O)NCc2ccccc2)CC3)cc1. The van der Waals surface area contributed by atoms with Crippen molar-refractivity contribution >= 4 is 5.91 Å². The summed E-state index contributed by atoms with van der Waals surface area (Å²) >= 11 is 0. The van der Waals surface area contributed by atoms with Crippen molar-refractivity contribution in [2.75, 3.05) is 0 Å². The van der Waals surface area contributed by atoms with Gasteiger partial charge in [0.2, 0.25) is 5.91 Å². The number of aryl methyl sites for hydroxylation is 2. The molecule has 0 saturated heterocycles. The molecule has 1 amide bonds. The number of nitrogens with zero attached hydrogens (tertiary/aromatic N) is 1. The number of hydrogen-bond acceptors (Lipinski definition) is 2. The van der Waals surface area contributed by atoms with Gasteiger partial charge in [-0.05, 0) is 50.3 Å². The van der Waals surface area contributed by atoms with Gasteiger partial charge in [0, 0.05) is 23.7 Å². The first kappa shape index (κ1) is 18.3. The van der Waals surface area contributed by atoms with E-state index in [1.165, 1.54) is 0 Å². The van der Waals surface area contributed by atoms with Gasteiger partial charge in [-0.1, -0.05) is 48.0 Å². The molecule has 1 aromatic heterocycles. The summed E-state index contributed by atoms with van der Waals surface area (Å²) in [6, 6.07) is 17.8. The van der Waals surface area contributed by atoms with Crippen molar-refractivity contribution in [2.45, 2.75) is 39.2 Å². The quantitative estimate of drug-likeness (QED) is 0.687. The van der Waals surface area contributed by atoms with Crippen LogP contribution in [0.3, 0.4) is 0 Å². The van der Waals surface area contributed by atoms with Gasteiger partial charge in [-0.25, -0.2) is 4.68 Å². The summed E-state index contributed by atoms with van der Waals surface area (Å²) in [5, 5.41) is 6.31. The Labute approximate surface area is 164 Å². The third kappa shape index (κ3) is 3.79. The normalized spacial score (nSPS) is 16.2. The van der Waals surface area contributed by atoms with Gasteiger partial charge in [0.05, 0.1) is 5.69 Å². The van der Waals surface area contributed by atoms with Crippen LogP contribution in [0.1, 0.15) is 35.2 Å². The van der Waals surface area contributed by atoms with E-state index < -0.39 is 0 Å². The first-order valence-electron chi connectivity index (χ1n) is 9.83. The van der Waals surface area contributed by atoms with Crippen molar-refractivity contribution in [3.63, 3.8) is 0 Å². The van der Waals surface area contributed by atoms with Crippen LogP contribution in [0.5, 0.6) is 0 Å². The Kier molecular flexibility index (Phi) is 5.15. The molecule has 0 bridgehead atoms. The van der Waals surface area contributed by atoms with Gasteiger partial charge in [-0.2, -0.15) is 0 Å². The van der Waals surface area contributed by atoms with Gasteiger partial charge in [0.15, 0.2) is 0 Å². The van der Waals surface area contributed by atoms with Crippen LogP contribution >= 0.6 is 0 Å². The lowest BCUT2D eigenvalue weighted by Gasteiger charge is -2.14. The van der Waals surface area contributed by atoms with Gasteiger partial charge in [0.1, 0.15) is 0 Å². The molecule has 28 heavy (non-hydrogen) atoms.